The van der Waals surface area contributed by atoms with Crippen LogP contribution in [0.2, 0.25) is 0 Å². The van der Waals surface area contributed by atoms with Crippen LogP contribution in [0.3, 0.4) is 0 Å². The van der Waals surface area contributed by atoms with E-state index in [9.17, 15) is 14.4 Å². The van der Waals surface area contributed by atoms with Crippen LogP contribution in [-0.4, -0.2) is 90.6 Å². The van der Waals surface area contributed by atoms with Crippen molar-refractivity contribution in [2.24, 2.45) is 0 Å². The Morgan fingerprint density at radius 2 is 1.53 bits per heavy atom. The van der Waals surface area contributed by atoms with Gasteiger partial charge in [-0.05, 0) is 24.3 Å². The summed E-state index contributed by atoms with van der Waals surface area (Å²) in [5, 5.41) is 2.47. The summed E-state index contributed by atoms with van der Waals surface area (Å²) in [5.74, 6) is -0.339. The molecule has 0 radical (unpaired) electrons. The number of carbonyl (C=O) groups excluding carboxylic acids is 3. The average molecular weight is 425 g/mol. The van der Waals surface area contributed by atoms with Crippen molar-refractivity contribution in [3.8, 4) is 11.8 Å². The van der Waals surface area contributed by atoms with Crippen LogP contribution >= 0.6 is 0 Å². The monoisotopic (exact) mass is 425 g/mol. The quantitative estimate of drug-likeness (QED) is 0.698. The summed E-state index contributed by atoms with van der Waals surface area (Å²) in [4.78, 5) is 47.7. The normalized spacial score (nSPS) is 9.77. The van der Waals surface area contributed by atoms with Gasteiger partial charge in [0.1, 0.15) is 0 Å². The fraction of sp³-hybridized carbons (Fsp3) is 0.316. The first kappa shape index (κ1) is 25.3. The van der Waals surface area contributed by atoms with Gasteiger partial charge in [0.25, 0.3) is 5.91 Å². The maximum atomic E-state index is 12.8. The number of nitrogens with one attached hydrogen (secondary N) is 1. The molecular weight excluding hydrogens is 401 g/mol. The Morgan fingerprint density at radius 3 is 1.97 bits per heavy atom. The Morgan fingerprint density at radius 1 is 1.00 bits per heavy atom. The van der Waals surface area contributed by atoms with Crippen LogP contribution in [0.4, 0.5) is 16.4 Å². The molecule has 4 amide bonds. The Bertz CT molecular complexity index is 882. The van der Waals surface area contributed by atoms with Gasteiger partial charge in [0.15, 0.2) is 0 Å². The summed E-state index contributed by atoms with van der Waals surface area (Å²) in [5.41, 5.74) is 0.739. The van der Waals surface area contributed by atoms with Gasteiger partial charge < -0.3 is 14.4 Å². The van der Waals surface area contributed by atoms with Crippen molar-refractivity contribution in [1.82, 2.24) is 14.9 Å². The van der Waals surface area contributed by atoms with E-state index >= 15 is 0 Å². The van der Waals surface area contributed by atoms with Crippen LogP contribution in [0.1, 0.15) is 23.7 Å². The SMILES string of the molecule is CCC(=O)N(C(=O)Nc1nc(OC)cc(OC)n1)c1ccc(C(=O)N(C)C)cc1.[NaH]. The van der Waals surface area contributed by atoms with Crippen molar-refractivity contribution in [3.05, 3.63) is 35.9 Å². The van der Waals surface area contributed by atoms with Gasteiger partial charge in [-0.3, -0.25) is 14.9 Å². The summed E-state index contributed by atoms with van der Waals surface area (Å²) in [6.07, 6.45) is 0.0914. The van der Waals surface area contributed by atoms with E-state index in [0.717, 1.165) is 4.90 Å². The van der Waals surface area contributed by atoms with Crippen molar-refractivity contribution >= 4 is 59.0 Å². The third-order valence-corrected chi connectivity index (χ3v) is 3.85. The molecule has 2 aromatic rings. The molecule has 1 aromatic heterocycles. The molecule has 10 nitrogen and oxygen atoms in total. The zero-order valence-electron chi connectivity index (χ0n) is 16.9. The molecule has 0 bridgehead atoms. The molecular formula is C19H24N5NaO5. The van der Waals surface area contributed by atoms with E-state index in [2.05, 4.69) is 15.3 Å². The van der Waals surface area contributed by atoms with Crippen LogP contribution in [0, 0.1) is 0 Å². The van der Waals surface area contributed by atoms with Crippen LogP contribution in [0.15, 0.2) is 30.3 Å². The molecule has 2 rings (SSSR count). The second-order valence-corrected chi connectivity index (χ2v) is 6.04. The van der Waals surface area contributed by atoms with Gasteiger partial charge in [-0.25, -0.2) is 9.69 Å². The van der Waals surface area contributed by atoms with Crippen molar-refractivity contribution in [2.45, 2.75) is 13.3 Å². The van der Waals surface area contributed by atoms with Gasteiger partial charge in [0.2, 0.25) is 23.6 Å². The molecule has 0 aliphatic carbocycles. The topological polar surface area (TPSA) is 114 Å². The molecule has 30 heavy (non-hydrogen) atoms. The average Bonchev–Trinajstić information content (AvgIpc) is 2.73. The molecule has 1 aromatic carbocycles. The van der Waals surface area contributed by atoms with Crippen molar-refractivity contribution in [3.63, 3.8) is 0 Å². The first-order chi connectivity index (χ1) is 13.8. The van der Waals surface area contributed by atoms with Crippen LogP contribution in [0.5, 0.6) is 11.8 Å². The number of benzene rings is 1. The zero-order chi connectivity index (χ0) is 21.6. The van der Waals surface area contributed by atoms with E-state index < -0.39 is 11.9 Å². The van der Waals surface area contributed by atoms with Crippen molar-refractivity contribution < 1.29 is 23.9 Å². The van der Waals surface area contributed by atoms with Crippen molar-refractivity contribution in [1.29, 1.82) is 0 Å². The number of anilines is 2. The molecule has 0 atom stereocenters. The second-order valence-electron chi connectivity index (χ2n) is 6.04. The maximum absolute atomic E-state index is 12.8. The number of amides is 4. The number of nitrogens with zero attached hydrogens (tertiary/aromatic N) is 4. The minimum atomic E-state index is -0.751. The van der Waals surface area contributed by atoms with Crippen LogP contribution < -0.4 is 19.7 Å². The molecule has 1 heterocycles. The predicted molar refractivity (Wildman–Crippen MR) is 114 cm³/mol. The van der Waals surface area contributed by atoms with Gasteiger partial charge in [0.05, 0.1) is 26.0 Å². The van der Waals surface area contributed by atoms with E-state index in [-0.39, 0.29) is 59.6 Å². The number of aromatic nitrogens is 2. The Labute approximate surface area is 196 Å². The van der Waals surface area contributed by atoms with Crippen molar-refractivity contribution in [2.75, 3.05) is 38.5 Å². The molecule has 0 aliphatic heterocycles. The van der Waals surface area contributed by atoms with Gasteiger partial charge in [-0.15, -0.1) is 0 Å². The Kier molecular flexibility index (Phi) is 9.70. The molecule has 11 heteroatoms. The van der Waals surface area contributed by atoms with Gasteiger partial charge in [0, 0.05) is 26.1 Å². The number of carbonyl (C=O) groups is 3. The van der Waals surface area contributed by atoms with Gasteiger partial charge >= 0.3 is 35.6 Å². The van der Waals surface area contributed by atoms with Gasteiger partial charge in [-0.2, -0.15) is 9.97 Å². The van der Waals surface area contributed by atoms with Crippen LogP contribution in [-0.2, 0) is 4.79 Å². The molecule has 1 N–H and O–H groups in total. The summed E-state index contributed by atoms with van der Waals surface area (Å²) in [7, 11) is 6.10. The number of rotatable bonds is 6. The number of hydrogen-bond acceptors (Lipinski definition) is 7. The fourth-order valence-electron chi connectivity index (χ4n) is 2.36. The Balaban J connectivity index is 0.00000450. The molecule has 0 aliphatic rings. The molecule has 0 fully saturated rings. The first-order valence-corrected chi connectivity index (χ1v) is 8.73. The molecule has 0 saturated carbocycles. The first-order valence-electron chi connectivity index (χ1n) is 8.73. The molecule has 0 saturated heterocycles. The molecule has 0 spiro atoms. The Hall–Kier alpha value is -2.69. The van der Waals surface area contributed by atoms with Crippen LogP contribution in [0.25, 0.3) is 0 Å². The van der Waals surface area contributed by atoms with E-state index in [0.29, 0.717) is 11.3 Å². The fourth-order valence-corrected chi connectivity index (χ4v) is 2.36. The number of imide groups is 1. The zero-order valence-corrected chi connectivity index (χ0v) is 16.9. The summed E-state index contributed by atoms with van der Waals surface area (Å²) >= 11 is 0. The summed E-state index contributed by atoms with van der Waals surface area (Å²) in [6.45, 7) is 1.64. The predicted octanol–water partition coefficient (Wildman–Crippen LogP) is 1.52. The number of ether oxygens (including phenoxy) is 2. The number of hydrogen-bond donors (Lipinski definition) is 1. The van der Waals surface area contributed by atoms with Gasteiger partial charge in [-0.1, -0.05) is 6.92 Å². The third kappa shape index (κ3) is 6.15. The van der Waals surface area contributed by atoms with E-state index in [1.807, 2.05) is 0 Å². The molecule has 156 valence electrons. The summed E-state index contributed by atoms with van der Waals surface area (Å²) < 4.78 is 10.1. The third-order valence-electron chi connectivity index (χ3n) is 3.85. The number of urea groups is 1. The van der Waals surface area contributed by atoms with E-state index in [1.165, 1.54) is 37.3 Å². The molecule has 0 unspecified atom stereocenters. The minimum absolute atomic E-state index is 0. The van der Waals surface area contributed by atoms with E-state index in [1.54, 1.807) is 33.2 Å². The number of methoxy groups -OCH3 is 2. The standard InChI is InChI=1S/C19H23N5O5.Na.H/c1-6-16(25)24(13-9-7-12(8-10-13)17(26)23(2)3)19(27)22-18-20-14(28-4)11-15(21-18)29-5;;/h7-11H,6H2,1-5H3,(H,20,21,22,27);;. The van der Waals surface area contributed by atoms with E-state index in [4.69, 9.17) is 9.47 Å². The second kappa shape index (κ2) is 11.5. The summed E-state index contributed by atoms with van der Waals surface area (Å²) in [6, 6.07) is 6.84.